The molecule has 82 valence electrons. The molecule has 1 aromatic heterocycles. The van der Waals surface area contributed by atoms with Gasteiger partial charge in [0.2, 0.25) is 0 Å². The molecule has 0 spiro atoms. The fraction of sp³-hybridized carbons (Fsp3) is 0.545. The van der Waals surface area contributed by atoms with Gasteiger partial charge in [-0.25, -0.2) is 0 Å². The highest BCUT2D eigenvalue weighted by Gasteiger charge is 2.33. The monoisotopic (exact) mass is 226 g/mol. The second kappa shape index (κ2) is 4.31. The number of carboxylic acid groups (broad SMARTS) is 1. The van der Waals surface area contributed by atoms with Gasteiger partial charge in [-0.15, -0.1) is 11.8 Å². The van der Waals surface area contributed by atoms with Crippen LogP contribution in [0.3, 0.4) is 0 Å². The van der Waals surface area contributed by atoms with E-state index in [1.54, 1.807) is 18.0 Å². The Balaban J connectivity index is 2.06. The summed E-state index contributed by atoms with van der Waals surface area (Å²) in [6.45, 7) is 1.91. The lowest BCUT2D eigenvalue weighted by molar-refractivity contribution is -0.141. The van der Waals surface area contributed by atoms with Gasteiger partial charge in [0.05, 0.1) is 12.2 Å². The molecule has 0 saturated heterocycles. The van der Waals surface area contributed by atoms with Gasteiger partial charge in [0.1, 0.15) is 5.76 Å². The van der Waals surface area contributed by atoms with Crippen molar-refractivity contribution >= 4 is 17.7 Å². The summed E-state index contributed by atoms with van der Waals surface area (Å²) in [5.41, 5.74) is 0. The second-order valence-corrected chi connectivity index (χ2v) is 5.15. The molecule has 3 nitrogen and oxygen atoms in total. The van der Waals surface area contributed by atoms with E-state index in [2.05, 4.69) is 0 Å². The molecule has 0 bridgehead atoms. The Hall–Kier alpha value is -0.900. The first-order valence-electron chi connectivity index (χ1n) is 5.12. The quantitative estimate of drug-likeness (QED) is 0.861. The third-order valence-electron chi connectivity index (χ3n) is 2.86. The first-order valence-corrected chi connectivity index (χ1v) is 6.00. The summed E-state index contributed by atoms with van der Waals surface area (Å²) in [6.07, 6.45) is 4.48. The molecule has 0 amide bonds. The number of furan rings is 1. The molecule has 15 heavy (non-hydrogen) atoms. The number of aryl methyl sites for hydroxylation is 1. The highest BCUT2D eigenvalue weighted by atomic mass is 32.2. The zero-order chi connectivity index (χ0) is 10.8. The zero-order valence-electron chi connectivity index (χ0n) is 8.60. The number of carboxylic acids is 1. The molecule has 2 unspecified atom stereocenters. The van der Waals surface area contributed by atoms with Crippen molar-refractivity contribution in [1.29, 1.82) is 0 Å². The maximum atomic E-state index is 11.0. The maximum absolute atomic E-state index is 11.0. The van der Waals surface area contributed by atoms with Crippen molar-refractivity contribution in [3.05, 3.63) is 18.1 Å². The molecule has 0 aliphatic heterocycles. The van der Waals surface area contributed by atoms with Crippen molar-refractivity contribution in [1.82, 2.24) is 0 Å². The summed E-state index contributed by atoms with van der Waals surface area (Å²) in [5.74, 6) is 0.0338. The number of hydrogen-bond acceptors (Lipinski definition) is 3. The van der Waals surface area contributed by atoms with Crippen LogP contribution in [-0.2, 0) is 4.79 Å². The molecule has 1 aromatic rings. The van der Waals surface area contributed by atoms with Crippen molar-refractivity contribution in [2.75, 3.05) is 0 Å². The third-order valence-corrected chi connectivity index (χ3v) is 4.40. The molecule has 0 aromatic carbocycles. The lowest BCUT2D eigenvalue weighted by Crippen LogP contribution is -2.19. The van der Waals surface area contributed by atoms with E-state index in [4.69, 9.17) is 9.52 Å². The van der Waals surface area contributed by atoms with Crippen LogP contribution in [0.15, 0.2) is 21.6 Å². The van der Waals surface area contributed by atoms with Gasteiger partial charge in [0.15, 0.2) is 0 Å². The van der Waals surface area contributed by atoms with E-state index in [0.717, 1.165) is 29.9 Å². The van der Waals surface area contributed by atoms with Crippen LogP contribution in [0.25, 0.3) is 0 Å². The Bertz CT molecular complexity index is 358. The standard InChI is InChI=1S/C11H14O3S/c1-7-9(5-6-14-7)15-10-4-2-3-8(10)11(12)13/h5-6,8,10H,2-4H2,1H3,(H,12,13). The van der Waals surface area contributed by atoms with Crippen molar-refractivity contribution in [2.24, 2.45) is 5.92 Å². The second-order valence-electron chi connectivity index (χ2n) is 3.87. The van der Waals surface area contributed by atoms with Crippen LogP contribution in [0.5, 0.6) is 0 Å². The van der Waals surface area contributed by atoms with Gasteiger partial charge in [-0.2, -0.15) is 0 Å². The Kier molecular flexibility index (Phi) is 3.05. The van der Waals surface area contributed by atoms with Gasteiger partial charge < -0.3 is 9.52 Å². The van der Waals surface area contributed by atoms with Crippen LogP contribution in [0, 0.1) is 12.8 Å². The lowest BCUT2D eigenvalue weighted by Gasteiger charge is -2.14. The number of thioether (sulfide) groups is 1. The number of hydrogen-bond donors (Lipinski definition) is 1. The molecule has 1 N–H and O–H groups in total. The SMILES string of the molecule is Cc1occc1SC1CCCC1C(=O)O. The number of carbonyl (C=O) groups is 1. The van der Waals surface area contributed by atoms with Crippen LogP contribution < -0.4 is 0 Å². The van der Waals surface area contributed by atoms with Crippen molar-refractivity contribution in [3.8, 4) is 0 Å². The summed E-state index contributed by atoms with van der Waals surface area (Å²) in [5, 5.41) is 9.25. The highest BCUT2D eigenvalue weighted by Crippen LogP contribution is 2.40. The van der Waals surface area contributed by atoms with E-state index in [0.29, 0.717) is 0 Å². The van der Waals surface area contributed by atoms with Crippen LogP contribution in [0.2, 0.25) is 0 Å². The normalized spacial score (nSPS) is 25.7. The summed E-state index contributed by atoms with van der Waals surface area (Å²) >= 11 is 1.65. The average molecular weight is 226 g/mol. The molecule has 1 aliphatic rings. The minimum atomic E-state index is -0.661. The average Bonchev–Trinajstić information content (AvgIpc) is 2.77. The molecular formula is C11H14O3S. The van der Waals surface area contributed by atoms with E-state index in [9.17, 15) is 4.79 Å². The smallest absolute Gasteiger partial charge is 0.307 e. The minimum Gasteiger partial charge on any atom is -0.481 e. The molecule has 1 saturated carbocycles. The number of rotatable bonds is 3. The molecule has 2 rings (SSSR count). The van der Waals surface area contributed by atoms with E-state index >= 15 is 0 Å². The Morgan fingerprint density at radius 3 is 3.00 bits per heavy atom. The number of aliphatic carboxylic acids is 1. The molecule has 0 radical (unpaired) electrons. The van der Waals surface area contributed by atoms with Gasteiger partial charge in [-0.05, 0) is 25.8 Å². The summed E-state index contributed by atoms with van der Waals surface area (Å²) < 4.78 is 5.20. The predicted octanol–water partition coefficient (Wildman–Crippen LogP) is 2.93. The van der Waals surface area contributed by atoms with Gasteiger partial charge in [0.25, 0.3) is 0 Å². The molecule has 1 fully saturated rings. The van der Waals surface area contributed by atoms with Crippen molar-refractivity contribution in [2.45, 2.75) is 36.3 Å². The third kappa shape index (κ3) is 2.20. The van der Waals surface area contributed by atoms with E-state index in [-0.39, 0.29) is 11.2 Å². The van der Waals surface area contributed by atoms with Crippen LogP contribution in [0.4, 0.5) is 0 Å². The van der Waals surface area contributed by atoms with Gasteiger partial charge >= 0.3 is 5.97 Å². The molecule has 2 atom stereocenters. The Labute approximate surface area is 92.9 Å². The summed E-state index contributed by atoms with van der Waals surface area (Å²) in [7, 11) is 0. The zero-order valence-corrected chi connectivity index (χ0v) is 9.42. The lowest BCUT2D eigenvalue weighted by atomic mass is 10.1. The summed E-state index contributed by atoms with van der Waals surface area (Å²) in [4.78, 5) is 12.1. The van der Waals surface area contributed by atoms with Gasteiger partial charge in [-0.1, -0.05) is 6.42 Å². The molecule has 1 aliphatic carbocycles. The van der Waals surface area contributed by atoms with Crippen molar-refractivity contribution < 1.29 is 14.3 Å². The van der Waals surface area contributed by atoms with Crippen molar-refractivity contribution in [3.63, 3.8) is 0 Å². The van der Waals surface area contributed by atoms with E-state index in [1.165, 1.54) is 0 Å². The first kappa shape index (κ1) is 10.6. The van der Waals surface area contributed by atoms with E-state index in [1.807, 2.05) is 13.0 Å². The van der Waals surface area contributed by atoms with E-state index < -0.39 is 5.97 Å². The van der Waals surface area contributed by atoms with Crippen LogP contribution >= 0.6 is 11.8 Å². The fourth-order valence-electron chi connectivity index (χ4n) is 2.01. The Morgan fingerprint density at radius 2 is 2.40 bits per heavy atom. The minimum absolute atomic E-state index is 0.190. The molecule has 1 heterocycles. The molecular weight excluding hydrogens is 212 g/mol. The maximum Gasteiger partial charge on any atom is 0.307 e. The van der Waals surface area contributed by atoms with Gasteiger partial charge in [0, 0.05) is 10.1 Å². The molecule has 4 heteroatoms. The Morgan fingerprint density at radius 1 is 1.60 bits per heavy atom. The van der Waals surface area contributed by atoms with Crippen LogP contribution in [0.1, 0.15) is 25.0 Å². The van der Waals surface area contributed by atoms with Crippen LogP contribution in [-0.4, -0.2) is 16.3 Å². The van der Waals surface area contributed by atoms with Gasteiger partial charge in [-0.3, -0.25) is 4.79 Å². The largest absolute Gasteiger partial charge is 0.481 e. The fourth-order valence-corrected chi connectivity index (χ4v) is 3.38. The predicted molar refractivity (Wildman–Crippen MR) is 58.1 cm³/mol. The first-order chi connectivity index (χ1) is 7.18. The topological polar surface area (TPSA) is 50.4 Å². The highest BCUT2D eigenvalue weighted by molar-refractivity contribution is 8.00. The summed E-state index contributed by atoms with van der Waals surface area (Å²) in [6, 6.07) is 1.91.